The molecule has 0 spiro atoms. The zero-order valence-corrected chi connectivity index (χ0v) is 14.6. The number of carbonyl (C=O) groups excluding carboxylic acids is 2. The third kappa shape index (κ3) is 3.83. The average Bonchev–Trinajstić information content (AvgIpc) is 3.28. The van der Waals surface area contributed by atoms with Crippen LogP contribution in [0, 0.1) is 6.92 Å². The van der Waals surface area contributed by atoms with Gasteiger partial charge in [-0.15, -0.1) is 0 Å². The molecule has 7 heteroatoms. The van der Waals surface area contributed by atoms with E-state index in [2.05, 4.69) is 15.2 Å². The van der Waals surface area contributed by atoms with Gasteiger partial charge < -0.3 is 14.5 Å². The number of aromatic nitrogens is 2. The molecule has 1 N–H and O–H groups in total. The van der Waals surface area contributed by atoms with Gasteiger partial charge in [-0.25, -0.2) is 4.68 Å². The molecule has 0 saturated carbocycles. The fourth-order valence-corrected chi connectivity index (χ4v) is 2.47. The quantitative estimate of drug-likeness (QED) is 0.689. The normalized spacial score (nSPS) is 10.5. The highest BCUT2D eigenvalue weighted by molar-refractivity contribution is 5.99. The number of carbonyl (C=O) groups is 2. The summed E-state index contributed by atoms with van der Waals surface area (Å²) in [5.74, 6) is 0.522. The topological polar surface area (TPSA) is 86.4 Å². The van der Waals surface area contributed by atoms with Crippen molar-refractivity contribution < 1.29 is 18.7 Å². The van der Waals surface area contributed by atoms with E-state index in [1.54, 1.807) is 16.9 Å². The van der Waals surface area contributed by atoms with Crippen LogP contribution in [0.2, 0.25) is 0 Å². The van der Waals surface area contributed by atoms with E-state index in [9.17, 15) is 9.59 Å². The number of benzene rings is 1. The molecule has 0 aliphatic carbocycles. The number of hydrogen-bond donors (Lipinski definition) is 1. The maximum Gasteiger partial charge on any atom is 0.307 e. The Morgan fingerprint density at radius 2 is 1.96 bits per heavy atom. The summed E-state index contributed by atoms with van der Waals surface area (Å²) in [6.07, 6.45) is 1.75. The highest BCUT2D eigenvalue weighted by Crippen LogP contribution is 2.25. The number of nitrogens with zero attached hydrogens (tertiary/aromatic N) is 2. The maximum absolute atomic E-state index is 12.6. The van der Waals surface area contributed by atoms with Crippen LogP contribution in [0.3, 0.4) is 0 Å². The third-order valence-corrected chi connectivity index (χ3v) is 3.80. The van der Waals surface area contributed by atoms with Crippen molar-refractivity contribution in [1.82, 2.24) is 15.1 Å². The zero-order valence-electron chi connectivity index (χ0n) is 14.6. The van der Waals surface area contributed by atoms with Gasteiger partial charge in [-0.1, -0.05) is 18.2 Å². The van der Waals surface area contributed by atoms with Crippen molar-refractivity contribution in [3.05, 3.63) is 60.0 Å². The standard InChI is InChI=1S/C19H19N3O4/c1-13-8-9-16(26-13)18-15(19(24)20-11-10-17(23)25-2)12-22(21-18)14-6-4-3-5-7-14/h3-9,12H,10-11H2,1-2H3,(H,20,24). The van der Waals surface area contributed by atoms with Crippen LogP contribution in [0.5, 0.6) is 0 Å². The van der Waals surface area contributed by atoms with Crippen molar-refractivity contribution >= 4 is 11.9 Å². The lowest BCUT2D eigenvalue weighted by atomic mass is 10.2. The monoisotopic (exact) mass is 353 g/mol. The van der Waals surface area contributed by atoms with E-state index in [-0.39, 0.29) is 24.8 Å². The van der Waals surface area contributed by atoms with E-state index >= 15 is 0 Å². The fourth-order valence-electron chi connectivity index (χ4n) is 2.47. The number of amides is 1. The molecule has 2 aromatic heterocycles. The number of furan rings is 1. The lowest BCUT2D eigenvalue weighted by Crippen LogP contribution is -2.26. The van der Waals surface area contributed by atoms with Gasteiger partial charge in [0.1, 0.15) is 11.5 Å². The van der Waals surface area contributed by atoms with Crippen LogP contribution in [-0.4, -0.2) is 35.3 Å². The summed E-state index contributed by atoms with van der Waals surface area (Å²) in [5, 5.41) is 7.23. The Morgan fingerprint density at radius 3 is 2.62 bits per heavy atom. The number of ether oxygens (including phenoxy) is 1. The lowest BCUT2D eigenvalue weighted by Gasteiger charge is -2.03. The molecule has 3 aromatic rings. The van der Waals surface area contributed by atoms with Crippen molar-refractivity contribution in [1.29, 1.82) is 0 Å². The molecule has 0 saturated heterocycles. The first kappa shape index (κ1) is 17.5. The van der Waals surface area contributed by atoms with Gasteiger partial charge in [-0.2, -0.15) is 5.10 Å². The SMILES string of the molecule is COC(=O)CCNC(=O)c1cn(-c2ccccc2)nc1-c1ccc(C)o1. The van der Waals surface area contributed by atoms with Gasteiger partial charge in [0.2, 0.25) is 0 Å². The Bertz CT molecular complexity index is 912. The molecule has 0 radical (unpaired) electrons. The summed E-state index contributed by atoms with van der Waals surface area (Å²) in [6, 6.07) is 13.1. The number of nitrogens with one attached hydrogen (secondary N) is 1. The van der Waals surface area contributed by atoms with Crippen LogP contribution in [0.15, 0.2) is 53.1 Å². The van der Waals surface area contributed by atoms with Crippen molar-refractivity contribution in [2.45, 2.75) is 13.3 Å². The highest BCUT2D eigenvalue weighted by Gasteiger charge is 2.21. The Hall–Kier alpha value is -3.35. The first-order valence-electron chi connectivity index (χ1n) is 8.15. The highest BCUT2D eigenvalue weighted by atomic mass is 16.5. The number of para-hydroxylation sites is 1. The van der Waals surface area contributed by atoms with E-state index in [1.165, 1.54) is 7.11 Å². The van der Waals surface area contributed by atoms with Gasteiger partial charge in [0.25, 0.3) is 5.91 Å². The summed E-state index contributed by atoms with van der Waals surface area (Å²) in [5.41, 5.74) is 1.64. The Kier molecular flexibility index (Phi) is 5.17. The van der Waals surface area contributed by atoms with Gasteiger partial charge in [0.15, 0.2) is 5.76 Å². The van der Waals surface area contributed by atoms with Crippen molar-refractivity contribution in [3.8, 4) is 17.1 Å². The summed E-state index contributed by atoms with van der Waals surface area (Å²) in [4.78, 5) is 23.8. The lowest BCUT2D eigenvalue weighted by molar-refractivity contribution is -0.140. The molecule has 1 aromatic carbocycles. The van der Waals surface area contributed by atoms with E-state index in [0.717, 1.165) is 11.4 Å². The first-order valence-corrected chi connectivity index (χ1v) is 8.15. The fraction of sp³-hybridized carbons (Fsp3) is 0.211. The summed E-state index contributed by atoms with van der Waals surface area (Å²) in [7, 11) is 1.31. The van der Waals surface area contributed by atoms with Gasteiger partial charge in [0, 0.05) is 12.7 Å². The maximum atomic E-state index is 12.6. The Labute approximate surface area is 150 Å². The van der Waals surface area contributed by atoms with Crippen molar-refractivity contribution in [2.24, 2.45) is 0 Å². The molecular weight excluding hydrogens is 334 g/mol. The molecule has 26 heavy (non-hydrogen) atoms. The van der Waals surface area contributed by atoms with Crippen LogP contribution in [0.1, 0.15) is 22.5 Å². The van der Waals surface area contributed by atoms with Crippen molar-refractivity contribution in [2.75, 3.05) is 13.7 Å². The second-order valence-electron chi connectivity index (χ2n) is 5.66. The largest absolute Gasteiger partial charge is 0.469 e. The Morgan fingerprint density at radius 1 is 1.19 bits per heavy atom. The van der Waals surface area contributed by atoms with Crippen LogP contribution in [-0.2, 0) is 9.53 Å². The third-order valence-electron chi connectivity index (χ3n) is 3.80. The second-order valence-corrected chi connectivity index (χ2v) is 5.66. The molecule has 2 heterocycles. The van der Waals surface area contributed by atoms with E-state index < -0.39 is 0 Å². The van der Waals surface area contributed by atoms with Crippen LogP contribution in [0.25, 0.3) is 17.1 Å². The van der Waals surface area contributed by atoms with Crippen LogP contribution in [0.4, 0.5) is 0 Å². The first-order chi connectivity index (χ1) is 12.6. The number of rotatable bonds is 6. The minimum Gasteiger partial charge on any atom is -0.469 e. The molecule has 3 rings (SSSR count). The number of hydrogen-bond acceptors (Lipinski definition) is 5. The summed E-state index contributed by atoms with van der Waals surface area (Å²) >= 11 is 0. The van der Waals surface area contributed by atoms with E-state index in [4.69, 9.17) is 4.42 Å². The predicted molar refractivity (Wildman–Crippen MR) is 95.0 cm³/mol. The van der Waals surface area contributed by atoms with Gasteiger partial charge in [-0.05, 0) is 31.2 Å². The predicted octanol–water partition coefficient (Wildman–Crippen LogP) is 2.73. The molecule has 0 aliphatic rings. The molecule has 0 fully saturated rings. The molecule has 1 amide bonds. The summed E-state index contributed by atoms with van der Waals surface area (Å²) < 4.78 is 11.8. The minimum atomic E-state index is -0.382. The van der Waals surface area contributed by atoms with Gasteiger partial charge in [-0.3, -0.25) is 9.59 Å². The molecule has 0 aliphatic heterocycles. The minimum absolute atomic E-state index is 0.101. The number of methoxy groups -OCH3 is 1. The molecule has 0 bridgehead atoms. The van der Waals surface area contributed by atoms with Gasteiger partial charge >= 0.3 is 5.97 Å². The van der Waals surface area contributed by atoms with Crippen molar-refractivity contribution in [3.63, 3.8) is 0 Å². The van der Waals surface area contributed by atoms with Crippen LogP contribution < -0.4 is 5.32 Å². The molecule has 0 unspecified atom stereocenters. The summed E-state index contributed by atoms with van der Waals surface area (Å²) in [6.45, 7) is 2.01. The molecule has 7 nitrogen and oxygen atoms in total. The molecule has 134 valence electrons. The zero-order chi connectivity index (χ0) is 18.5. The Balaban J connectivity index is 1.90. The average molecular weight is 353 g/mol. The number of esters is 1. The van der Waals surface area contributed by atoms with Crippen LogP contribution >= 0.6 is 0 Å². The van der Waals surface area contributed by atoms with Gasteiger partial charge in [0.05, 0.1) is 24.8 Å². The molecule has 0 atom stereocenters. The second kappa shape index (κ2) is 7.69. The molecular formula is C19H19N3O4. The smallest absolute Gasteiger partial charge is 0.307 e. The van der Waals surface area contributed by atoms with E-state index in [0.29, 0.717) is 17.0 Å². The van der Waals surface area contributed by atoms with E-state index in [1.807, 2.05) is 43.3 Å². The number of aryl methyl sites for hydroxylation is 1.